The zero-order valence-electron chi connectivity index (χ0n) is 41.6. The maximum atomic E-state index is 14.4. The number of aromatic nitrogens is 4. The molecule has 5 atom stereocenters. The number of fused-ring (bicyclic) bond motifs is 3. The molecule has 5 amide bonds. The number of likely N-dealkylation sites (tertiary alicyclic amines) is 2. The Bertz CT molecular complexity index is 3040. The van der Waals surface area contributed by atoms with Gasteiger partial charge in [-0.15, -0.1) is 0 Å². The fourth-order valence-corrected chi connectivity index (χ4v) is 10.5. The molecule has 0 bridgehead atoms. The van der Waals surface area contributed by atoms with Crippen LogP contribution in [0.4, 0.5) is 14.4 Å². The van der Waals surface area contributed by atoms with Crippen LogP contribution in [0.2, 0.25) is 0 Å². The number of hydrogen-bond acceptors (Lipinski definition) is 12. The van der Waals surface area contributed by atoms with Crippen LogP contribution in [0.3, 0.4) is 0 Å². The minimum absolute atomic E-state index is 0.0910. The number of nitrogens with zero attached hydrogens (tertiary/aromatic N) is 5. The Balaban J connectivity index is 0.863. The highest BCUT2D eigenvalue weighted by atomic mass is 16.7. The molecule has 4 aliphatic rings. The average Bonchev–Trinajstić information content (AvgIpc) is 4.27. The normalized spacial score (nSPS) is 18.8. The highest BCUT2D eigenvalue weighted by Crippen LogP contribution is 2.41. The summed E-state index contributed by atoms with van der Waals surface area (Å²) >= 11 is 0. The summed E-state index contributed by atoms with van der Waals surface area (Å²) in [7, 11) is 2.53. The van der Waals surface area contributed by atoms with E-state index in [2.05, 4.69) is 57.0 Å². The van der Waals surface area contributed by atoms with Crippen molar-refractivity contribution in [2.24, 2.45) is 11.8 Å². The zero-order valence-corrected chi connectivity index (χ0v) is 41.6. The van der Waals surface area contributed by atoms with Gasteiger partial charge < -0.3 is 54.1 Å². The first-order valence-electron chi connectivity index (χ1n) is 24.7. The number of imidazole rings is 2. The molecule has 6 aromatic rings. The van der Waals surface area contributed by atoms with Gasteiger partial charge >= 0.3 is 18.3 Å². The van der Waals surface area contributed by atoms with Crippen LogP contribution in [0.15, 0.2) is 85.2 Å². The lowest BCUT2D eigenvalue weighted by atomic mass is 9.94. The third-order valence-corrected chi connectivity index (χ3v) is 14.3. The summed E-state index contributed by atoms with van der Waals surface area (Å²) in [5, 5.41) is 7.48. The van der Waals surface area contributed by atoms with Crippen molar-refractivity contribution in [2.75, 3.05) is 34.1 Å². The van der Waals surface area contributed by atoms with Gasteiger partial charge in [0, 0.05) is 31.6 Å². The third-order valence-electron chi connectivity index (χ3n) is 14.3. The van der Waals surface area contributed by atoms with Crippen molar-refractivity contribution in [3.8, 4) is 45.1 Å². The van der Waals surface area contributed by atoms with Crippen molar-refractivity contribution in [1.82, 2.24) is 45.3 Å². The van der Waals surface area contributed by atoms with Gasteiger partial charge in [0.15, 0.2) is 11.5 Å². The molecule has 6 heterocycles. The molecule has 4 aliphatic heterocycles. The van der Waals surface area contributed by atoms with Gasteiger partial charge in [-0.1, -0.05) is 88.4 Å². The Morgan fingerprint density at radius 1 is 0.685 bits per heavy atom. The second kappa shape index (κ2) is 20.2. The van der Waals surface area contributed by atoms with Crippen LogP contribution in [0.25, 0.3) is 44.4 Å². The molecule has 0 aliphatic carbocycles. The van der Waals surface area contributed by atoms with Crippen LogP contribution in [0.5, 0.6) is 11.5 Å². The molecule has 2 unspecified atom stereocenters. The Morgan fingerprint density at radius 2 is 1.23 bits per heavy atom. The SMILES string of the molecule is COC(=O)NC(C(=O)N1CCC[C@H]1c1ncc(-c2cccc3c(-c4ccc(-c5cnc([C@@H]6CC(OC(=O)N7Cc8cc9c(cc8C7)OCO9)CN6C(=O)[C@@H](NC(=O)OC)C(C)C)[nH]5)cc4)cccc23)[nH]1)C(C)C. The summed E-state index contributed by atoms with van der Waals surface area (Å²) in [4.78, 5) is 88.0. The van der Waals surface area contributed by atoms with Crippen LogP contribution >= 0.6 is 0 Å². The first-order chi connectivity index (χ1) is 35.3. The number of aromatic amines is 2. The van der Waals surface area contributed by atoms with Gasteiger partial charge in [0.25, 0.3) is 0 Å². The monoisotopic (exact) mass is 993 g/mol. The summed E-state index contributed by atoms with van der Waals surface area (Å²) in [5.41, 5.74) is 7.34. The molecule has 2 fully saturated rings. The Hall–Kier alpha value is -8.09. The van der Waals surface area contributed by atoms with Gasteiger partial charge in [0.1, 0.15) is 29.8 Å². The van der Waals surface area contributed by atoms with Crippen LogP contribution in [0.1, 0.15) is 81.8 Å². The Morgan fingerprint density at radius 3 is 1.85 bits per heavy atom. The van der Waals surface area contributed by atoms with E-state index in [1.807, 2.05) is 70.3 Å². The molecule has 380 valence electrons. The van der Waals surface area contributed by atoms with Crippen molar-refractivity contribution < 1.29 is 47.7 Å². The Labute approximate surface area is 421 Å². The summed E-state index contributed by atoms with van der Waals surface area (Å²) in [6.07, 6.45) is 2.85. The second-order valence-electron chi connectivity index (χ2n) is 19.6. The molecule has 10 rings (SSSR count). The van der Waals surface area contributed by atoms with Crippen molar-refractivity contribution in [3.63, 3.8) is 0 Å². The van der Waals surface area contributed by atoms with E-state index < -0.39 is 42.5 Å². The Kier molecular flexibility index (Phi) is 13.4. The molecular weight excluding hydrogens is 935 g/mol. The molecule has 2 saturated heterocycles. The van der Waals surface area contributed by atoms with E-state index >= 15 is 0 Å². The first-order valence-corrected chi connectivity index (χ1v) is 24.7. The van der Waals surface area contributed by atoms with Crippen molar-refractivity contribution in [1.29, 1.82) is 0 Å². The van der Waals surface area contributed by atoms with E-state index in [0.29, 0.717) is 42.8 Å². The number of hydrogen-bond donors (Lipinski definition) is 4. The molecule has 19 heteroatoms. The molecule has 73 heavy (non-hydrogen) atoms. The lowest BCUT2D eigenvalue weighted by molar-refractivity contribution is -0.136. The minimum Gasteiger partial charge on any atom is -0.454 e. The van der Waals surface area contributed by atoms with Gasteiger partial charge in [-0.25, -0.2) is 24.4 Å². The molecule has 0 spiro atoms. The fourth-order valence-electron chi connectivity index (χ4n) is 10.5. The predicted octanol–water partition coefficient (Wildman–Crippen LogP) is 8.23. The lowest BCUT2D eigenvalue weighted by Gasteiger charge is -2.30. The van der Waals surface area contributed by atoms with Crippen LogP contribution in [-0.2, 0) is 36.9 Å². The summed E-state index contributed by atoms with van der Waals surface area (Å²) in [5.74, 6) is 1.57. The van der Waals surface area contributed by atoms with Gasteiger partial charge in [0.05, 0.1) is 56.6 Å². The quantitative estimate of drug-likeness (QED) is 0.0852. The van der Waals surface area contributed by atoms with E-state index in [-0.39, 0.29) is 49.5 Å². The lowest BCUT2D eigenvalue weighted by Crippen LogP contribution is -2.51. The van der Waals surface area contributed by atoms with E-state index in [0.717, 1.165) is 68.4 Å². The number of methoxy groups -OCH3 is 2. The van der Waals surface area contributed by atoms with Gasteiger partial charge in [-0.2, -0.15) is 0 Å². The number of amides is 5. The number of benzene rings is 4. The fraction of sp³-hybridized carbons (Fsp3) is 0.389. The number of carbonyl (C=O) groups is 5. The number of nitrogens with one attached hydrogen (secondary N) is 4. The summed E-state index contributed by atoms with van der Waals surface area (Å²) < 4.78 is 26.9. The van der Waals surface area contributed by atoms with Crippen molar-refractivity contribution in [2.45, 2.75) is 90.3 Å². The molecule has 4 N–H and O–H groups in total. The number of carbonyl (C=O) groups excluding carboxylic acids is 5. The minimum atomic E-state index is -0.907. The van der Waals surface area contributed by atoms with Gasteiger partial charge in [0.2, 0.25) is 18.6 Å². The smallest absolute Gasteiger partial charge is 0.410 e. The molecule has 4 aromatic carbocycles. The standard InChI is InChI=1S/C54H59N9O10/c1-29(2)46(59-52(66)69-5)50(64)62-19-9-14-42(62)48-56-24-41(58-48)39-13-8-11-37-36(10-7-12-38(37)39)31-15-17-32(18-16-31)40-23-55-49(57-40)43-22-35(27-63(43)51(65)47(30(3)4)60-53(67)70-6)73-54(68)61-25-33-20-44-45(72-28-71-44)21-34(33)26-61/h7-8,10-13,15-18,20-21,23-24,29-30,35,42-43,46-47H,9,14,19,22,25-28H2,1-6H3,(H,55,57)(H,56,58)(H,59,66)(H,60,67)/t35?,42-,43-,46?,47-/m0/s1. The van der Waals surface area contributed by atoms with Crippen molar-refractivity contribution >= 4 is 40.9 Å². The van der Waals surface area contributed by atoms with E-state index in [4.69, 9.17) is 33.7 Å². The molecule has 0 radical (unpaired) electrons. The average molecular weight is 994 g/mol. The number of alkyl carbamates (subject to hydrolysis) is 2. The van der Waals surface area contributed by atoms with E-state index in [1.54, 1.807) is 20.9 Å². The highest BCUT2D eigenvalue weighted by Gasteiger charge is 2.44. The maximum absolute atomic E-state index is 14.4. The topological polar surface area (TPSA) is 223 Å². The number of H-pyrrole nitrogens is 2. The van der Waals surface area contributed by atoms with Crippen molar-refractivity contribution in [3.05, 3.63) is 108 Å². The molecular formula is C54H59N9O10. The summed E-state index contributed by atoms with van der Waals surface area (Å²) in [6, 6.07) is 21.9. The number of ether oxygens (including phenoxy) is 5. The number of rotatable bonds is 12. The largest absolute Gasteiger partial charge is 0.454 e. The zero-order chi connectivity index (χ0) is 51.1. The van der Waals surface area contributed by atoms with Crippen LogP contribution in [-0.4, -0.2) is 117 Å². The maximum Gasteiger partial charge on any atom is 0.410 e. The van der Waals surface area contributed by atoms with Crippen LogP contribution < -0.4 is 20.1 Å². The predicted molar refractivity (Wildman–Crippen MR) is 268 cm³/mol. The van der Waals surface area contributed by atoms with E-state index in [9.17, 15) is 24.0 Å². The van der Waals surface area contributed by atoms with Gasteiger partial charge in [-0.05, 0) is 75.4 Å². The highest BCUT2D eigenvalue weighted by molar-refractivity contribution is 6.04. The second-order valence-corrected chi connectivity index (χ2v) is 19.6. The molecule has 19 nitrogen and oxygen atoms in total. The van der Waals surface area contributed by atoms with E-state index in [1.165, 1.54) is 14.2 Å². The van der Waals surface area contributed by atoms with Gasteiger partial charge in [-0.3, -0.25) is 14.5 Å². The first kappa shape index (κ1) is 48.5. The molecule has 2 aromatic heterocycles. The summed E-state index contributed by atoms with van der Waals surface area (Å²) in [6.45, 7) is 8.98. The van der Waals surface area contributed by atoms with Crippen LogP contribution in [0, 0.1) is 11.8 Å². The third kappa shape index (κ3) is 9.58. The molecule has 0 saturated carbocycles.